The third-order valence-electron chi connectivity index (χ3n) is 4.18. The van der Waals surface area contributed by atoms with Gasteiger partial charge in [-0.2, -0.15) is 0 Å². The number of hydrogen-bond acceptors (Lipinski definition) is 4. The van der Waals surface area contributed by atoms with Gasteiger partial charge >= 0.3 is 0 Å². The zero-order valence-corrected chi connectivity index (χ0v) is 13.4. The van der Waals surface area contributed by atoms with Crippen LogP contribution in [0.2, 0.25) is 0 Å². The van der Waals surface area contributed by atoms with Gasteiger partial charge in [0, 0.05) is 29.8 Å². The van der Waals surface area contributed by atoms with E-state index in [4.69, 9.17) is 10.5 Å². The number of nitrogens with one attached hydrogen (secondary N) is 1. The maximum Gasteiger partial charge on any atom is 0.282 e. The maximum atomic E-state index is 14.3. The lowest BCUT2D eigenvalue weighted by Crippen LogP contribution is -2.34. The van der Waals surface area contributed by atoms with E-state index in [1.807, 2.05) is 6.92 Å². The molecule has 0 fully saturated rings. The van der Waals surface area contributed by atoms with Crippen LogP contribution in [0.4, 0.5) is 14.5 Å². The fourth-order valence-corrected chi connectivity index (χ4v) is 2.77. The smallest absolute Gasteiger partial charge is 0.282 e. The van der Waals surface area contributed by atoms with Crippen molar-refractivity contribution in [3.8, 4) is 0 Å². The van der Waals surface area contributed by atoms with Crippen LogP contribution in [0.5, 0.6) is 0 Å². The Morgan fingerprint density at radius 3 is 2.75 bits per heavy atom. The summed E-state index contributed by atoms with van der Waals surface area (Å²) in [4.78, 5) is 4.26. The molecule has 2 aromatic carbocycles. The Labute approximate surface area is 139 Å². The number of hydrogen-bond donors (Lipinski definition) is 2. The van der Waals surface area contributed by atoms with Crippen LogP contribution in [0, 0.1) is 11.6 Å². The van der Waals surface area contributed by atoms with Gasteiger partial charge in [0.1, 0.15) is 11.6 Å². The fraction of sp³-hybridized carbons (Fsp3) is 0.278. The number of ether oxygens (including phenoxy) is 1. The lowest BCUT2D eigenvalue weighted by molar-refractivity contribution is 0.215. The van der Waals surface area contributed by atoms with Crippen LogP contribution in [-0.4, -0.2) is 12.6 Å². The molecule has 1 aliphatic rings. The quantitative estimate of drug-likeness (QED) is 0.901. The summed E-state index contributed by atoms with van der Waals surface area (Å²) in [7, 11) is 0. The van der Waals surface area contributed by atoms with Crippen molar-refractivity contribution in [3.63, 3.8) is 0 Å². The molecule has 1 heterocycles. The van der Waals surface area contributed by atoms with Gasteiger partial charge in [-0.05, 0) is 31.2 Å². The first-order chi connectivity index (χ1) is 11.5. The number of nitrogens with zero attached hydrogens (tertiary/aromatic N) is 1. The lowest BCUT2D eigenvalue weighted by Gasteiger charge is -2.30. The summed E-state index contributed by atoms with van der Waals surface area (Å²) in [6.07, 6.45) is 0.529. The highest BCUT2D eigenvalue weighted by molar-refractivity contribution is 5.73. The summed E-state index contributed by atoms with van der Waals surface area (Å²) in [5.74, 6) is -0.631. The summed E-state index contributed by atoms with van der Waals surface area (Å²) in [5.41, 5.74) is 6.53. The second kappa shape index (κ2) is 6.47. The minimum absolute atomic E-state index is 0.0628. The topological polar surface area (TPSA) is 59.6 Å². The maximum absolute atomic E-state index is 14.3. The number of anilines is 1. The lowest BCUT2D eigenvalue weighted by atomic mass is 9.88. The second-order valence-electron chi connectivity index (χ2n) is 5.96. The highest BCUT2D eigenvalue weighted by Crippen LogP contribution is 2.35. The standard InChI is InChI=1S/C18H19F2N3O/c1-18(8-9-24-17(21)23-18)14-10-13(6-7-16(14)20)22-11-12-4-2-3-5-15(12)19/h2-7,10,22H,8-9,11H2,1H3,(H2,21,23)/t18-/m0/s1. The largest absolute Gasteiger partial charge is 0.465 e. The van der Waals surface area contributed by atoms with Crippen molar-refractivity contribution in [1.29, 1.82) is 0 Å². The van der Waals surface area contributed by atoms with Gasteiger partial charge in [-0.15, -0.1) is 0 Å². The Kier molecular flexibility index (Phi) is 4.38. The van der Waals surface area contributed by atoms with Crippen molar-refractivity contribution in [2.24, 2.45) is 10.7 Å². The number of benzene rings is 2. The molecule has 1 aliphatic heterocycles. The number of rotatable bonds is 4. The van der Waals surface area contributed by atoms with E-state index in [1.54, 1.807) is 30.3 Å². The molecule has 0 saturated carbocycles. The zero-order chi connectivity index (χ0) is 17.2. The number of halogens is 2. The number of amidine groups is 1. The second-order valence-corrected chi connectivity index (χ2v) is 5.96. The van der Waals surface area contributed by atoms with Crippen molar-refractivity contribution >= 4 is 11.7 Å². The summed E-state index contributed by atoms with van der Waals surface area (Å²) < 4.78 is 33.1. The fourth-order valence-electron chi connectivity index (χ4n) is 2.77. The van der Waals surface area contributed by atoms with E-state index >= 15 is 0 Å². The van der Waals surface area contributed by atoms with E-state index in [0.717, 1.165) is 0 Å². The predicted octanol–water partition coefficient (Wildman–Crippen LogP) is 3.53. The van der Waals surface area contributed by atoms with Crippen molar-refractivity contribution in [1.82, 2.24) is 0 Å². The van der Waals surface area contributed by atoms with Gasteiger partial charge in [0.25, 0.3) is 6.02 Å². The van der Waals surface area contributed by atoms with Crippen LogP contribution in [0.25, 0.3) is 0 Å². The summed E-state index contributed by atoms with van der Waals surface area (Å²) >= 11 is 0. The van der Waals surface area contributed by atoms with E-state index in [2.05, 4.69) is 10.3 Å². The molecule has 0 aromatic heterocycles. The van der Waals surface area contributed by atoms with Crippen molar-refractivity contribution in [2.75, 3.05) is 11.9 Å². The van der Waals surface area contributed by atoms with Crippen molar-refractivity contribution in [2.45, 2.75) is 25.4 Å². The van der Waals surface area contributed by atoms with Gasteiger partial charge in [-0.25, -0.2) is 13.8 Å². The van der Waals surface area contributed by atoms with Crippen LogP contribution in [0.1, 0.15) is 24.5 Å². The Hall–Kier alpha value is -2.63. The highest BCUT2D eigenvalue weighted by Gasteiger charge is 2.32. The van der Waals surface area contributed by atoms with Crippen LogP contribution in [0.15, 0.2) is 47.5 Å². The van der Waals surface area contributed by atoms with E-state index < -0.39 is 5.54 Å². The van der Waals surface area contributed by atoms with E-state index in [0.29, 0.717) is 36.4 Å². The van der Waals surface area contributed by atoms with E-state index in [9.17, 15) is 8.78 Å². The molecular weight excluding hydrogens is 312 g/mol. The van der Waals surface area contributed by atoms with E-state index in [-0.39, 0.29) is 17.7 Å². The first-order valence-corrected chi connectivity index (χ1v) is 7.73. The van der Waals surface area contributed by atoms with Gasteiger partial charge in [0.2, 0.25) is 0 Å². The molecule has 0 spiro atoms. The molecule has 3 N–H and O–H groups in total. The predicted molar refractivity (Wildman–Crippen MR) is 89.7 cm³/mol. The normalized spacial score (nSPS) is 20.2. The molecule has 0 bridgehead atoms. The third kappa shape index (κ3) is 3.32. The zero-order valence-electron chi connectivity index (χ0n) is 13.4. The monoisotopic (exact) mass is 331 g/mol. The molecule has 24 heavy (non-hydrogen) atoms. The van der Waals surface area contributed by atoms with Crippen LogP contribution >= 0.6 is 0 Å². The van der Waals surface area contributed by atoms with Gasteiger partial charge in [-0.3, -0.25) is 0 Å². The van der Waals surface area contributed by atoms with Crippen LogP contribution in [0.3, 0.4) is 0 Å². The molecule has 6 heteroatoms. The van der Waals surface area contributed by atoms with Gasteiger partial charge in [-0.1, -0.05) is 18.2 Å². The summed E-state index contributed by atoms with van der Waals surface area (Å²) in [5, 5.41) is 3.12. The van der Waals surface area contributed by atoms with Crippen LogP contribution < -0.4 is 11.1 Å². The highest BCUT2D eigenvalue weighted by atomic mass is 19.1. The molecule has 2 aromatic rings. The van der Waals surface area contributed by atoms with Crippen molar-refractivity contribution < 1.29 is 13.5 Å². The molecule has 0 saturated heterocycles. The molecule has 0 unspecified atom stereocenters. The molecule has 126 valence electrons. The number of nitrogens with two attached hydrogens (primary N) is 1. The average Bonchev–Trinajstić information content (AvgIpc) is 2.55. The molecule has 0 amide bonds. The van der Waals surface area contributed by atoms with Gasteiger partial charge in [0.05, 0.1) is 12.1 Å². The number of aliphatic imine (C=N–C) groups is 1. The first-order valence-electron chi connectivity index (χ1n) is 7.73. The minimum Gasteiger partial charge on any atom is -0.465 e. The Balaban J connectivity index is 1.84. The first kappa shape index (κ1) is 16.2. The average molecular weight is 331 g/mol. The molecule has 3 rings (SSSR count). The summed E-state index contributed by atoms with van der Waals surface area (Å²) in [6.45, 7) is 2.52. The molecule has 0 radical (unpaired) electrons. The molecular formula is C18H19F2N3O. The van der Waals surface area contributed by atoms with E-state index in [1.165, 1.54) is 12.1 Å². The Morgan fingerprint density at radius 1 is 1.21 bits per heavy atom. The molecule has 0 aliphatic carbocycles. The third-order valence-corrected chi connectivity index (χ3v) is 4.18. The van der Waals surface area contributed by atoms with Gasteiger partial charge in [0.15, 0.2) is 0 Å². The van der Waals surface area contributed by atoms with Crippen LogP contribution in [-0.2, 0) is 16.8 Å². The Morgan fingerprint density at radius 2 is 2.00 bits per heavy atom. The van der Waals surface area contributed by atoms with Crippen molar-refractivity contribution in [3.05, 3.63) is 65.2 Å². The SMILES string of the molecule is C[C@@]1(c2cc(NCc3ccccc3F)ccc2F)CCOC(N)=N1. The molecule has 1 atom stereocenters. The summed E-state index contributed by atoms with van der Waals surface area (Å²) in [6, 6.07) is 11.3. The minimum atomic E-state index is -0.776. The van der Waals surface area contributed by atoms with Gasteiger partial charge < -0.3 is 15.8 Å². The molecule has 4 nitrogen and oxygen atoms in total. The Bertz CT molecular complexity index is 779.